The lowest BCUT2D eigenvalue weighted by Gasteiger charge is -2.42. The Hall–Kier alpha value is -0.840. The number of nitrogens with one attached hydrogen (secondary N) is 1. The number of nitrogens with two attached hydrogens (primary N) is 1. The average Bonchev–Trinajstić information content (AvgIpc) is 2.35. The van der Waals surface area contributed by atoms with Crippen LogP contribution in [0, 0.1) is 4.77 Å². The first kappa shape index (κ1) is 8.74. The molecular formula is C8H14N4S. The van der Waals surface area contributed by atoms with E-state index in [9.17, 15) is 0 Å². The summed E-state index contributed by atoms with van der Waals surface area (Å²) in [6.07, 6.45) is 4.67. The Labute approximate surface area is 82.1 Å². The number of aromatic nitrogens is 3. The Morgan fingerprint density at radius 2 is 2.38 bits per heavy atom. The van der Waals surface area contributed by atoms with Gasteiger partial charge in [0, 0.05) is 0 Å². The predicted octanol–water partition coefficient (Wildman–Crippen LogP) is 1.81. The molecule has 4 nitrogen and oxygen atoms in total. The van der Waals surface area contributed by atoms with Gasteiger partial charge in [0.2, 0.25) is 5.95 Å². The molecule has 0 radical (unpaired) electrons. The van der Waals surface area contributed by atoms with Crippen LogP contribution < -0.4 is 5.73 Å². The number of anilines is 1. The zero-order valence-electron chi connectivity index (χ0n) is 7.71. The minimum Gasteiger partial charge on any atom is -0.368 e. The van der Waals surface area contributed by atoms with E-state index < -0.39 is 0 Å². The van der Waals surface area contributed by atoms with Gasteiger partial charge in [-0.15, -0.1) is 5.10 Å². The highest BCUT2D eigenvalue weighted by atomic mass is 32.1. The van der Waals surface area contributed by atoms with Crippen molar-refractivity contribution in [2.75, 3.05) is 5.73 Å². The van der Waals surface area contributed by atoms with E-state index in [1.54, 1.807) is 0 Å². The van der Waals surface area contributed by atoms with Gasteiger partial charge in [0.25, 0.3) is 0 Å². The average molecular weight is 198 g/mol. The van der Waals surface area contributed by atoms with Crippen molar-refractivity contribution in [1.82, 2.24) is 14.8 Å². The van der Waals surface area contributed by atoms with Crippen LogP contribution in [-0.2, 0) is 5.54 Å². The zero-order valence-corrected chi connectivity index (χ0v) is 8.52. The molecule has 0 saturated heterocycles. The van der Waals surface area contributed by atoms with Crippen LogP contribution in [0.2, 0.25) is 0 Å². The first-order valence-electron chi connectivity index (χ1n) is 4.63. The lowest BCUT2D eigenvalue weighted by atomic mass is 9.74. The number of nitrogen functional groups attached to an aromatic ring is 1. The van der Waals surface area contributed by atoms with E-state index in [0.29, 0.717) is 10.7 Å². The second-order valence-corrected chi connectivity index (χ2v) is 4.04. The smallest absolute Gasteiger partial charge is 0.221 e. The van der Waals surface area contributed by atoms with Crippen LogP contribution in [0.5, 0.6) is 0 Å². The maximum Gasteiger partial charge on any atom is 0.221 e. The number of rotatable bonds is 2. The van der Waals surface area contributed by atoms with E-state index >= 15 is 0 Å². The first-order valence-corrected chi connectivity index (χ1v) is 5.04. The molecule has 1 heterocycles. The molecule has 1 aromatic heterocycles. The van der Waals surface area contributed by atoms with E-state index in [4.69, 9.17) is 18.0 Å². The Morgan fingerprint density at radius 3 is 2.69 bits per heavy atom. The molecule has 1 aliphatic rings. The van der Waals surface area contributed by atoms with E-state index in [1.807, 2.05) is 4.57 Å². The fourth-order valence-corrected chi connectivity index (χ4v) is 2.42. The molecule has 72 valence electrons. The summed E-state index contributed by atoms with van der Waals surface area (Å²) in [6, 6.07) is 0. The van der Waals surface area contributed by atoms with Crippen molar-refractivity contribution < 1.29 is 0 Å². The van der Waals surface area contributed by atoms with Gasteiger partial charge in [-0.2, -0.15) is 0 Å². The van der Waals surface area contributed by atoms with Gasteiger partial charge in [0.1, 0.15) is 0 Å². The third-order valence-electron chi connectivity index (χ3n) is 3.12. The summed E-state index contributed by atoms with van der Waals surface area (Å²) in [5.74, 6) is 0.520. The van der Waals surface area contributed by atoms with Crippen molar-refractivity contribution in [3.63, 3.8) is 0 Å². The molecule has 0 aromatic carbocycles. The molecule has 2 rings (SSSR count). The van der Waals surface area contributed by atoms with Crippen molar-refractivity contribution in [2.45, 2.75) is 38.1 Å². The minimum atomic E-state index is 0.161. The lowest BCUT2D eigenvalue weighted by molar-refractivity contribution is 0.137. The van der Waals surface area contributed by atoms with Gasteiger partial charge >= 0.3 is 0 Å². The SMILES string of the molecule is CCC1(n2c(N)n[nH]c2=S)CCC1. The Bertz CT molecular complexity index is 355. The topological polar surface area (TPSA) is 59.6 Å². The monoisotopic (exact) mass is 198 g/mol. The van der Waals surface area contributed by atoms with Crippen LogP contribution in [0.25, 0.3) is 0 Å². The molecule has 0 atom stereocenters. The summed E-state index contributed by atoms with van der Waals surface area (Å²) >= 11 is 5.15. The van der Waals surface area contributed by atoms with E-state index in [2.05, 4.69) is 17.1 Å². The highest BCUT2D eigenvalue weighted by Crippen LogP contribution is 2.43. The van der Waals surface area contributed by atoms with Crippen molar-refractivity contribution >= 4 is 18.2 Å². The van der Waals surface area contributed by atoms with Crippen LogP contribution in [0.3, 0.4) is 0 Å². The molecule has 0 spiro atoms. The Kier molecular flexibility index (Phi) is 1.91. The predicted molar refractivity (Wildman–Crippen MR) is 53.9 cm³/mol. The maximum atomic E-state index is 5.77. The van der Waals surface area contributed by atoms with Crippen molar-refractivity contribution in [2.24, 2.45) is 0 Å². The molecule has 0 aliphatic heterocycles. The van der Waals surface area contributed by atoms with Gasteiger partial charge in [-0.3, -0.25) is 4.57 Å². The van der Waals surface area contributed by atoms with Crippen LogP contribution in [-0.4, -0.2) is 14.8 Å². The summed E-state index contributed by atoms with van der Waals surface area (Å²) < 4.78 is 2.63. The van der Waals surface area contributed by atoms with Gasteiger partial charge < -0.3 is 5.73 Å². The van der Waals surface area contributed by atoms with Crippen molar-refractivity contribution in [1.29, 1.82) is 0 Å². The fraction of sp³-hybridized carbons (Fsp3) is 0.750. The summed E-state index contributed by atoms with van der Waals surface area (Å²) in [4.78, 5) is 0. The van der Waals surface area contributed by atoms with Gasteiger partial charge in [0.15, 0.2) is 4.77 Å². The quantitative estimate of drug-likeness (QED) is 0.712. The minimum absolute atomic E-state index is 0.161. The van der Waals surface area contributed by atoms with Gasteiger partial charge in [0.05, 0.1) is 5.54 Å². The molecule has 3 N–H and O–H groups in total. The van der Waals surface area contributed by atoms with Crippen LogP contribution >= 0.6 is 12.2 Å². The Balaban J connectivity index is 2.49. The van der Waals surface area contributed by atoms with Gasteiger partial charge in [-0.25, -0.2) is 5.10 Å². The van der Waals surface area contributed by atoms with Gasteiger partial charge in [-0.1, -0.05) is 6.92 Å². The third-order valence-corrected chi connectivity index (χ3v) is 3.39. The molecule has 1 fully saturated rings. The number of hydrogen-bond donors (Lipinski definition) is 2. The summed E-state index contributed by atoms with van der Waals surface area (Å²) in [5.41, 5.74) is 5.93. The summed E-state index contributed by atoms with van der Waals surface area (Å²) in [6.45, 7) is 2.17. The van der Waals surface area contributed by atoms with Crippen LogP contribution in [0.4, 0.5) is 5.95 Å². The molecule has 0 unspecified atom stereocenters. The number of hydrogen-bond acceptors (Lipinski definition) is 3. The van der Waals surface area contributed by atoms with Crippen molar-refractivity contribution in [3.05, 3.63) is 4.77 Å². The molecule has 0 bridgehead atoms. The normalized spacial score (nSPS) is 19.8. The molecule has 0 amide bonds. The van der Waals surface area contributed by atoms with E-state index in [0.717, 1.165) is 6.42 Å². The van der Waals surface area contributed by atoms with Gasteiger partial charge in [-0.05, 0) is 37.9 Å². The zero-order chi connectivity index (χ0) is 9.47. The standard InChI is InChI=1S/C8H14N4S/c1-2-8(4-3-5-8)12-6(9)10-11-7(12)13/h2-5H2,1H3,(H2,9,10)(H,11,13). The number of H-pyrrole nitrogens is 1. The van der Waals surface area contributed by atoms with E-state index in [1.165, 1.54) is 19.3 Å². The van der Waals surface area contributed by atoms with Crippen molar-refractivity contribution in [3.8, 4) is 0 Å². The van der Waals surface area contributed by atoms with E-state index in [-0.39, 0.29) is 5.54 Å². The Morgan fingerprint density at radius 1 is 1.69 bits per heavy atom. The van der Waals surface area contributed by atoms with Crippen LogP contribution in [0.15, 0.2) is 0 Å². The highest BCUT2D eigenvalue weighted by molar-refractivity contribution is 7.71. The maximum absolute atomic E-state index is 5.77. The second-order valence-electron chi connectivity index (χ2n) is 3.65. The molecule has 1 saturated carbocycles. The summed E-state index contributed by atoms with van der Waals surface area (Å²) in [5, 5.41) is 6.67. The highest BCUT2D eigenvalue weighted by Gasteiger charge is 2.38. The molecule has 1 aliphatic carbocycles. The largest absolute Gasteiger partial charge is 0.368 e. The lowest BCUT2D eigenvalue weighted by Crippen LogP contribution is -2.40. The molecule has 1 aromatic rings. The number of aromatic amines is 1. The summed E-state index contributed by atoms with van der Waals surface area (Å²) in [7, 11) is 0. The first-order chi connectivity index (χ1) is 6.19. The molecular weight excluding hydrogens is 184 g/mol. The fourth-order valence-electron chi connectivity index (χ4n) is 2.09. The molecule has 5 heteroatoms. The third kappa shape index (κ3) is 1.10. The molecule has 13 heavy (non-hydrogen) atoms. The number of nitrogens with zero attached hydrogens (tertiary/aromatic N) is 2. The second kappa shape index (κ2) is 2.83. The van der Waals surface area contributed by atoms with Crippen LogP contribution in [0.1, 0.15) is 32.6 Å².